The minimum atomic E-state index is -1.07. The first-order valence-corrected chi connectivity index (χ1v) is 9.77. The number of ether oxygens (including phenoxy) is 1. The maximum Gasteiger partial charge on any atom is 0.352 e. The van der Waals surface area contributed by atoms with Gasteiger partial charge in [0.2, 0.25) is 0 Å². The van der Waals surface area contributed by atoms with E-state index in [9.17, 15) is 19.1 Å². The number of benzene rings is 3. The van der Waals surface area contributed by atoms with Crippen molar-refractivity contribution in [3.63, 3.8) is 0 Å². The van der Waals surface area contributed by atoms with Crippen LogP contribution >= 0.6 is 0 Å². The van der Waals surface area contributed by atoms with Crippen molar-refractivity contribution >= 4 is 33.6 Å². The zero-order valence-electron chi connectivity index (χ0n) is 16.9. The smallest absolute Gasteiger partial charge is 0.352 e. The lowest BCUT2D eigenvalue weighted by molar-refractivity contribution is -0.139. The maximum absolute atomic E-state index is 13.9. The molecular weight excluding hydrogens is 399 g/mol. The molecule has 0 unspecified atom stereocenters. The Morgan fingerprint density at radius 2 is 1.87 bits per heavy atom. The molecule has 0 atom stereocenters. The summed E-state index contributed by atoms with van der Waals surface area (Å²) in [6.07, 6.45) is 0. The molecule has 1 heterocycles. The van der Waals surface area contributed by atoms with Gasteiger partial charge in [0, 0.05) is 29.6 Å². The average Bonchev–Trinajstić information content (AvgIpc) is 3.07. The Morgan fingerprint density at radius 1 is 1.06 bits per heavy atom. The second-order valence-electron chi connectivity index (χ2n) is 7.20. The fourth-order valence-corrected chi connectivity index (χ4v) is 3.94. The highest BCUT2D eigenvalue weighted by Gasteiger charge is 2.22. The number of aromatic nitrogens is 1. The largest absolute Gasteiger partial charge is 0.477 e. The molecule has 6 nitrogen and oxygen atoms in total. The quantitative estimate of drug-likeness (QED) is 0.443. The summed E-state index contributed by atoms with van der Waals surface area (Å²) in [6, 6.07) is 17.6. The molecule has 158 valence electrons. The zero-order chi connectivity index (χ0) is 22.0. The van der Waals surface area contributed by atoms with Crippen molar-refractivity contribution in [3.05, 3.63) is 83.3 Å². The number of fused-ring (bicyclic) bond motifs is 2. The molecule has 4 aromatic rings. The van der Waals surface area contributed by atoms with Gasteiger partial charge < -0.3 is 19.7 Å². The summed E-state index contributed by atoms with van der Waals surface area (Å²) in [7, 11) is 1.30. The molecule has 0 spiro atoms. The lowest BCUT2D eigenvalue weighted by atomic mass is 10.0. The molecule has 0 radical (unpaired) electrons. The highest BCUT2D eigenvalue weighted by atomic mass is 19.1. The Bertz CT molecular complexity index is 1300. The molecule has 7 heteroatoms. The van der Waals surface area contributed by atoms with E-state index in [1.807, 2.05) is 42.5 Å². The summed E-state index contributed by atoms with van der Waals surface area (Å²) < 4.78 is 20.3. The molecule has 0 fully saturated rings. The first-order valence-electron chi connectivity index (χ1n) is 9.77. The van der Waals surface area contributed by atoms with E-state index in [2.05, 4.69) is 10.1 Å². The van der Waals surface area contributed by atoms with Crippen LogP contribution in [0.5, 0.6) is 0 Å². The van der Waals surface area contributed by atoms with Crippen LogP contribution in [0.4, 0.5) is 4.39 Å². The summed E-state index contributed by atoms with van der Waals surface area (Å²) >= 11 is 0. The molecule has 0 aliphatic heterocycles. The van der Waals surface area contributed by atoms with Crippen molar-refractivity contribution in [3.8, 4) is 0 Å². The molecule has 0 amide bonds. The first-order chi connectivity index (χ1) is 15.0. The summed E-state index contributed by atoms with van der Waals surface area (Å²) in [5, 5.41) is 15.4. The number of halogens is 1. The van der Waals surface area contributed by atoms with Crippen LogP contribution in [0, 0.1) is 5.82 Å². The van der Waals surface area contributed by atoms with Gasteiger partial charge in [-0.15, -0.1) is 0 Å². The van der Waals surface area contributed by atoms with Crippen molar-refractivity contribution in [1.29, 1.82) is 0 Å². The first kappa shape index (κ1) is 20.6. The maximum atomic E-state index is 13.9. The van der Waals surface area contributed by atoms with Crippen molar-refractivity contribution in [2.24, 2.45) is 0 Å². The van der Waals surface area contributed by atoms with Gasteiger partial charge in [-0.25, -0.2) is 9.18 Å². The van der Waals surface area contributed by atoms with E-state index in [0.717, 1.165) is 27.2 Å². The molecule has 31 heavy (non-hydrogen) atoms. The average molecular weight is 420 g/mol. The molecule has 3 aromatic carbocycles. The minimum Gasteiger partial charge on any atom is -0.477 e. The molecule has 1 aromatic heterocycles. The van der Waals surface area contributed by atoms with Crippen LogP contribution in [-0.4, -0.2) is 35.3 Å². The Labute approximate surface area is 177 Å². The minimum absolute atomic E-state index is 0.0301. The molecule has 0 aliphatic carbocycles. The predicted molar refractivity (Wildman–Crippen MR) is 116 cm³/mol. The van der Waals surface area contributed by atoms with E-state index < -0.39 is 11.9 Å². The number of carboxylic acid groups (broad SMARTS) is 1. The topological polar surface area (TPSA) is 80.6 Å². The third-order valence-corrected chi connectivity index (χ3v) is 5.34. The molecule has 2 N–H and O–H groups in total. The van der Waals surface area contributed by atoms with E-state index in [0.29, 0.717) is 5.56 Å². The molecule has 0 saturated carbocycles. The Morgan fingerprint density at radius 3 is 2.65 bits per heavy atom. The Balaban J connectivity index is 1.83. The second kappa shape index (κ2) is 8.57. The van der Waals surface area contributed by atoms with Crippen molar-refractivity contribution in [2.45, 2.75) is 13.1 Å². The number of hydrogen-bond acceptors (Lipinski definition) is 4. The van der Waals surface area contributed by atoms with Gasteiger partial charge in [0.05, 0.1) is 13.7 Å². The fraction of sp³-hybridized carbons (Fsp3) is 0.167. The number of carbonyl (C=O) groups is 2. The van der Waals surface area contributed by atoms with Crippen molar-refractivity contribution < 1.29 is 23.8 Å². The normalized spacial score (nSPS) is 11.2. The van der Waals surface area contributed by atoms with Crippen LogP contribution in [0.25, 0.3) is 21.7 Å². The molecule has 0 aliphatic rings. The highest BCUT2D eigenvalue weighted by Crippen LogP contribution is 2.29. The van der Waals surface area contributed by atoms with Crippen LogP contribution in [-0.2, 0) is 22.6 Å². The van der Waals surface area contributed by atoms with Gasteiger partial charge in [-0.3, -0.25) is 4.79 Å². The third-order valence-electron chi connectivity index (χ3n) is 5.34. The molecule has 4 rings (SSSR count). The van der Waals surface area contributed by atoms with Gasteiger partial charge in [-0.05, 0) is 34.5 Å². The number of esters is 1. The number of carbonyl (C=O) groups excluding carboxylic acids is 1. The standard InChI is InChI=1S/C24H21FN2O4/c1-31-22(28)13-26-12-20-18-7-2-3-8-21(18)27(23(20)24(29)30)14-16-6-4-5-15-9-10-17(25)11-19(15)16/h2-11,26H,12-14H2,1H3,(H,29,30). The lowest BCUT2D eigenvalue weighted by Crippen LogP contribution is -2.24. The van der Waals surface area contributed by atoms with Crippen LogP contribution in [0.3, 0.4) is 0 Å². The van der Waals surface area contributed by atoms with Crippen LogP contribution in [0.1, 0.15) is 21.6 Å². The summed E-state index contributed by atoms with van der Waals surface area (Å²) in [6.45, 7) is 0.423. The third kappa shape index (κ3) is 4.00. The number of methoxy groups -OCH3 is 1. The van der Waals surface area contributed by atoms with Crippen molar-refractivity contribution in [1.82, 2.24) is 9.88 Å². The molecule has 0 saturated heterocycles. The lowest BCUT2D eigenvalue weighted by Gasteiger charge is -2.12. The van der Waals surface area contributed by atoms with Gasteiger partial charge in [-0.1, -0.05) is 42.5 Å². The number of para-hydroxylation sites is 1. The molecular formula is C24H21FN2O4. The number of aromatic carboxylic acids is 1. The monoisotopic (exact) mass is 420 g/mol. The SMILES string of the molecule is COC(=O)CNCc1c(C(=O)O)n(Cc2cccc3ccc(F)cc23)c2ccccc12. The van der Waals surface area contributed by atoms with Crippen molar-refractivity contribution in [2.75, 3.05) is 13.7 Å². The fourth-order valence-electron chi connectivity index (χ4n) is 3.94. The van der Waals surface area contributed by atoms with Gasteiger partial charge >= 0.3 is 11.9 Å². The Hall–Kier alpha value is -3.71. The Kier molecular flexibility index (Phi) is 5.68. The summed E-state index contributed by atoms with van der Waals surface area (Å²) in [4.78, 5) is 23.7. The van der Waals surface area contributed by atoms with Crippen LogP contribution in [0.15, 0.2) is 60.7 Å². The van der Waals surface area contributed by atoms with Crippen LogP contribution < -0.4 is 5.32 Å². The number of nitrogens with one attached hydrogen (secondary N) is 1. The molecule has 0 bridgehead atoms. The van der Waals surface area contributed by atoms with Gasteiger partial charge in [-0.2, -0.15) is 0 Å². The number of carboxylic acids is 1. The number of rotatable bonds is 7. The van der Waals surface area contributed by atoms with Crippen LogP contribution in [0.2, 0.25) is 0 Å². The van der Waals surface area contributed by atoms with Gasteiger partial charge in [0.1, 0.15) is 11.5 Å². The van der Waals surface area contributed by atoms with E-state index in [1.165, 1.54) is 19.2 Å². The van der Waals surface area contributed by atoms with Gasteiger partial charge in [0.25, 0.3) is 0 Å². The van der Waals surface area contributed by atoms with E-state index >= 15 is 0 Å². The van der Waals surface area contributed by atoms with Gasteiger partial charge in [0.15, 0.2) is 0 Å². The summed E-state index contributed by atoms with van der Waals surface area (Å²) in [5.74, 6) is -1.85. The predicted octanol–water partition coefficient (Wildman–Crippen LogP) is 3.94. The second-order valence-corrected chi connectivity index (χ2v) is 7.20. The van der Waals surface area contributed by atoms with E-state index in [-0.39, 0.29) is 31.1 Å². The number of nitrogens with zero attached hydrogens (tertiary/aromatic N) is 1. The van der Waals surface area contributed by atoms with E-state index in [1.54, 1.807) is 10.6 Å². The zero-order valence-corrected chi connectivity index (χ0v) is 16.9. The van der Waals surface area contributed by atoms with E-state index in [4.69, 9.17) is 0 Å². The number of hydrogen-bond donors (Lipinski definition) is 2. The highest BCUT2D eigenvalue weighted by molar-refractivity contribution is 5.98. The summed E-state index contributed by atoms with van der Waals surface area (Å²) in [5.41, 5.74) is 2.28.